The van der Waals surface area contributed by atoms with Gasteiger partial charge in [0.2, 0.25) is 0 Å². The number of aromatic nitrogens is 1. The van der Waals surface area contributed by atoms with Crippen molar-refractivity contribution < 1.29 is 17.3 Å². The van der Waals surface area contributed by atoms with E-state index >= 15 is 0 Å². The molecule has 0 bridgehead atoms. The molecule has 5 nitrogen and oxygen atoms in total. The fourth-order valence-electron chi connectivity index (χ4n) is 1.88. The minimum absolute atomic E-state index is 0.247. The molecule has 1 saturated heterocycles. The topological polar surface area (TPSA) is 65.5 Å². The zero-order chi connectivity index (χ0) is 13.2. The average molecular weight is 292 g/mol. The lowest BCUT2D eigenvalue weighted by molar-refractivity contribution is -0.0362. The van der Waals surface area contributed by atoms with Crippen LogP contribution in [0.4, 0.5) is 0 Å². The Bertz CT molecular complexity index is 502. The summed E-state index contributed by atoms with van der Waals surface area (Å²) in [5.41, 5.74) is 0.737. The lowest BCUT2D eigenvalue weighted by Crippen LogP contribution is -2.28. The summed E-state index contributed by atoms with van der Waals surface area (Å²) < 4.78 is 32.7. The third-order valence-electron chi connectivity index (χ3n) is 2.63. The largest absolute Gasteiger partial charge is 0.372 e. The molecule has 100 valence electrons. The molecule has 1 aliphatic rings. The maximum atomic E-state index is 11.1. The van der Waals surface area contributed by atoms with Crippen LogP contribution in [0, 0.1) is 0 Å². The maximum Gasteiger partial charge on any atom is 0.264 e. The summed E-state index contributed by atoms with van der Waals surface area (Å²) in [6, 6.07) is 3.50. The summed E-state index contributed by atoms with van der Waals surface area (Å²) in [5, 5.41) is 0.554. The van der Waals surface area contributed by atoms with Crippen molar-refractivity contribution in [2.75, 3.05) is 12.9 Å². The predicted molar refractivity (Wildman–Crippen MR) is 66.9 cm³/mol. The molecule has 2 atom stereocenters. The van der Waals surface area contributed by atoms with E-state index in [1.807, 2.05) is 0 Å². The van der Waals surface area contributed by atoms with E-state index in [9.17, 15) is 8.42 Å². The molecule has 0 aromatic carbocycles. The van der Waals surface area contributed by atoms with Crippen LogP contribution in [-0.2, 0) is 19.0 Å². The molecular formula is C11H14ClNO4S. The molecule has 7 heteroatoms. The number of rotatable bonds is 3. The van der Waals surface area contributed by atoms with Crippen molar-refractivity contribution in [1.82, 2.24) is 4.98 Å². The van der Waals surface area contributed by atoms with Gasteiger partial charge in [-0.3, -0.25) is 9.17 Å². The van der Waals surface area contributed by atoms with Gasteiger partial charge in [0, 0.05) is 19.2 Å². The Kier molecular flexibility index (Phi) is 4.21. The number of halogens is 1. The number of nitrogens with zero attached hydrogens (tertiary/aromatic N) is 1. The third kappa shape index (κ3) is 3.91. The van der Waals surface area contributed by atoms with Crippen LogP contribution in [0.25, 0.3) is 0 Å². The van der Waals surface area contributed by atoms with Crippen LogP contribution in [0.15, 0.2) is 18.3 Å². The van der Waals surface area contributed by atoms with E-state index in [1.54, 1.807) is 18.3 Å². The highest BCUT2D eigenvalue weighted by molar-refractivity contribution is 7.86. The minimum atomic E-state index is -3.43. The van der Waals surface area contributed by atoms with Gasteiger partial charge >= 0.3 is 0 Å². The normalized spacial score (nSPS) is 25.0. The number of hydrogen-bond acceptors (Lipinski definition) is 5. The molecule has 0 radical (unpaired) electrons. The van der Waals surface area contributed by atoms with Crippen LogP contribution in [-0.4, -0.2) is 32.4 Å². The number of hydrogen-bond donors (Lipinski definition) is 0. The van der Waals surface area contributed by atoms with E-state index in [-0.39, 0.29) is 12.2 Å². The van der Waals surface area contributed by atoms with Crippen molar-refractivity contribution in [1.29, 1.82) is 0 Å². The summed E-state index contributed by atoms with van der Waals surface area (Å²) >= 11 is 5.76. The highest BCUT2D eigenvalue weighted by atomic mass is 35.5. The van der Waals surface area contributed by atoms with Crippen molar-refractivity contribution in [3.63, 3.8) is 0 Å². The second-order valence-electron chi connectivity index (χ2n) is 4.21. The lowest BCUT2D eigenvalue weighted by Gasteiger charge is -2.28. The highest BCUT2D eigenvalue weighted by Gasteiger charge is 2.27. The fourth-order valence-corrected chi connectivity index (χ4v) is 2.67. The first-order valence-corrected chi connectivity index (χ1v) is 7.75. The Labute approximate surface area is 111 Å². The van der Waals surface area contributed by atoms with Gasteiger partial charge in [-0.1, -0.05) is 11.6 Å². The molecule has 0 aliphatic carbocycles. The van der Waals surface area contributed by atoms with Gasteiger partial charge in [-0.05, 0) is 18.6 Å². The summed E-state index contributed by atoms with van der Waals surface area (Å²) in [6.07, 6.45) is 3.04. The molecule has 1 fully saturated rings. The average Bonchev–Trinajstić information content (AvgIpc) is 2.28. The molecule has 1 aromatic heterocycles. The molecule has 2 heterocycles. The van der Waals surface area contributed by atoms with Crippen molar-refractivity contribution >= 4 is 21.7 Å². The molecule has 0 N–H and O–H groups in total. The van der Waals surface area contributed by atoms with Gasteiger partial charge < -0.3 is 4.74 Å². The Morgan fingerprint density at radius 1 is 1.50 bits per heavy atom. The Balaban J connectivity index is 2.04. The van der Waals surface area contributed by atoms with E-state index in [0.29, 0.717) is 24.5 Å². The van der Waals surface area contributed by atoms with Crippen molar-refractivity contribution in [3.05, 3.63) is 29.0 Å². The van der Waals surface area contributed by atoms with Crippen molar-refractivity contribution in [3.8, 4) is 0 Å². The third-order valence-corrected chi connectivity index (χ3v) is 3.47. The zero-order valence-corrected chi connectivity index (χ0v) is 11.4. The van der Waals surface area contributed by atoms with Crippen LogP contribution >= 0.6 is 11.6 Å². The molecular weight excluding hydrogens is 278 g/mol. The molecule has 18 heavy (non-hydrogen) atoms. The summed E-state index contributed by atoms with van der Waals surface area (Å²) in [5.74, 6) is 0. The van der Waals surface area contributed by atoms with E-state index < -0.39 is 10.1 Å². The van der Waals surface area contributed by atoms with Gasteiger partial charge in [0.15, 0.2) is 0 Å². The quantitative estimate of drug-likeness (QED) is 0.796. The van der Waals surface area contributed by atoms with Crippen LogP contribution in [0.2, 0.25) is 5.02 Å². The van der Waals surface area contributed by atoms with Gasteiger partial charge in [-0.25, -0.2) is 0 Å². The second kappa shape index (κ2) is 5.52. The van der Waals surface area contributed by atoms with Crippen LogP contribution < -0.4 is 0 Å². The first-order valence-electron chi connectivity index (χ1n) is 5.55. The van der Waals surface area contributed by atoms with E-state index in [4.69, 9.17) is 20.5 Å². The van der Waals surface area contributed by atoms with Crippen LogP contribution in [0.1, 0.15) is 24.6 Å². The van der Waals surface area contributed by atoms with Gasteiger partial charge in [-0.2, -0.15) is 8.42 Å². The van der Waals surface area contributed by atoms with E-state index in [0.717, 1.165) is 11.9 Å². The van der Waals surface area contributed by atoms with Crippen LogP contribution in [0.3, 0.4) is 0 Å². The molecule has 0 spiro atoms. The Morgan fingerprint density at radius 2 is 2.28 bits per heavy atom. The monoisotopic (exact) mass is 291 g/mol. The summed E-state index contributed by atoms with van der Waals surface area (Å²) in [6.45, 7) is 0.454. The summed E-state index contributed by atoms with van der Waals surface area (Å²) in [7, 11) is -3.43. The lowest BCUT2D eigenvalue weighted by atomic mass is 10.0. The standard InChI is InChI=1S/C11H14ClNO4S/c1-18(14,15)17-9-4-5-16-11(6-9)10-3-2-8(12)7-13-10/h2-3,7,9,11H,4-6H2,1H3. The molecule has 0 saturated carbocycles. The molecule has 0 amide bonds. The smallest absolute Gasteiger partial charge is 0.264 e. The molecule has 1 aliphatic heterocycles. The number of ether oxygens (including phenoxy) is 1. The van der Waals surface area contributed by atoms with Gasteiger partial charge in [0.25, 0.3) is 10.1 Å². The van der Waals surface area contributed by atoms with Crippen molar-refractivity contribution in [2.24, 2.45) is 0 Å². The number of pyridine rings is 1. The zero-order valence-electron chi connectivity index (χ0n) is 9.87. The first-order chi connectivity index (χ1) is 8.44. The fraction of sp³-hybridized carbons (Fsp3) is 0.545. The minimum Gasteiger partial charge on any atom is -0.372 e. The first kappa shape index (κ1) is 13.7. The van der Waals surface area contributed by atoms with Gasteiger partial charge in [0.1, 0.15) is 6.10 Å². The summed E-state index contributed by atoms with van der Waals surface area (Å²) in [4.78, 5) is 4.17. The maximum absolute atomic E-state index is 11.1. The Hall–Kier alpha value is -0.690. The second-order valence-corrected chi connectivity index (χ2v) is 6.24. The Morgan fingerprint density at radius 3 is 2.89 bits per heavy atom. The van der Waals surface area contributed by atoms with E-state index in [1.165, 1.54) is 0 Å². The molecule has 2 unspecified atom stereocenters. The van der Waals surface area contributed by atoms with Gasteiger partial charge in [0.05, 0.1) is 23.1 Å². The molecule has 1 aromatic rings. The molecule has 2 rings (SSSR count). The highest BCUT2D eigenvalue weighted by Crippen LogP contribution is 2.29. The van der Waals surface area contributed by atoms with Crippen LogP contribution in [0.5, 0.6) is 0 Å². The van der Waals surface area contributed by atoms with E-state index in [2.05, 4.69) is 4.98 Å². The SMILES string of the molecule is CS(=O)(=O)OC1CCOC(c2ccc(Cl)cn2)C1. The van der Waals surface area contributed by atoms with Gasteiger partial charge in [-0.15, -0.1) is 0 Å². The van der Waals surface area contributed by atoms with Crippen molar-refractivity contribution in [2.45, 2.75) is 25.0 Å². The predicted octanol–water partition coefficient (Wildman–Crippen LogP) is 1.93.